The van der Waals surface area contributed by atoms with Crippen LogP contribution in [0.3, 0.4) is 0 Å². The maximum Gasteiger partial charge on any atom is 0.234 e. The summed E-state index contributed by atoms with van der Waals surface area (Å²) >= 11 is 1.41. The van der Waals surface area contributed by atoms with E-state index in [4.69, 9.17) is 0 Å². The average molecular weight is 271 g/mol. The van der Waals surface area contributed by atoms with E-state index >= 15 is 0 Å². The number of thioether (sulfide) groups is 1. The van der Waals surface area contributed by atoms with Crippen molar-refractivity contribution in [2.45, 2.75) is 4.90 Å². The van der Waals surface area contributed by atoms with E-state index in [1.54, 1.807) is 18.2 Å². The van der Waals surface area contributed by atoms with Gasteiger partial charge in [0.2, 0.25) is 5.91 Å². The number of hydrogen-bond donors (Lipinski definition) is 1. The van der Waals surface area contributed by atoms with Gasteiger partial charge in [-0.2, -0.15) is 0 Å². The van der Waals surface area contributed by atoms with Crippen LogP contribution in [0, 0.1) is 0 Å². The molecule has 0 saturated carbocycles. The second-order valence-electron chi connectivity index (χ2n) is 3.89. The molecule has 0 aromatic heterocycles. The fraction of sp³-hybridized carbons (Fsp3) is 0.0667. The lowest BCUT2D eigenvalue weighted by Crippen LogP contribution is -2.13. The van der Waals surface area contributed by atoms with Crippen LogP contribution in [0.2, 0.25) is 0 Å². The van der Waals surface area contributed by atoms with Crippen LogP contribution in [-0.2, 0) is 4.79 Å². The molecule has 19 heavy (non-hydrogen) atoms. The fourth-order valence-corrected chi connectivity index (χ4v) is 2.31. The third-order valence-electron chi connectivity index (χ3n) is 2.42. The maximum atomic E-state index is 11.7. The van der Waals surface area contributed by atoms with Crippen molar-refractivity contribution < 1.29 is 9.59 Å². The lowest BCUT2D eigenvalue weighted by atomic mass is 10.2. The zero-order valence-corrected chi connectivity index (χ0v) is 11.0. The number of nitrogens with one attached hydrogen (secondary N) is 1. The van der Waals surface area contributed by atoms with E-state index in [1.165, 1.54) is 11.8 Å². The van der Waals surface area contributed by atoms with Crippen LogP contribution in [0.4, 0.5) is 5.69 Å². The third-order valence-corrected chi connectivity index (χ3v) is 3.42. The van der Waals surface area contributed by atoms with Gasteiger partial charge in [0, 0.05) is 16.1 Å². The molecule has 2 aromatic rings. The Morgan fingerprint density at radius 2 is 1.89 bits per heavy atom. The SMILES string of the molecule is O=Cc1cccc(SCC(=O)Nc2ccccc2)c1. The Bertz CT molecular complexity index is 569. The second-order valence-corrected chi connectivity index (χ2v) is 4.94. The highest BCUT2D eigenvalue weighted by Gasteiger charge is 2.03. The van der Waals surface area contributed by atoms with Crippen LogP contribution in [0.5, 0.6) is 0 Å². The van der Waals surface area contributed by atoms with Crippen molar-refractivity contribution in [2.24, 2.45) is 0 Å². The zero-order valence-electron chi connectivity index (χ0n) is 10.2. The Hall–Kier alpha value is -2.07. The molecule has 2 rings (SSSR count). The molecule has 0 saturated heterocycles. The predicted molar refractivity (Wildman–Crippen MR) is 77.6 cm³/mol. The number of hydrogen-bond acceptors (Lipinski definition) is 3. The Kier molecular flexibility index (Phi) is 4.75. The van der Waals surface area contributed by atoms with E-state index in [0.29, 0.717) is 11.3 Å². The van der Waals surface area contributed by atoms with Crippen LogP contribution in [0.1, 0.15) is 10.4 Å². The van der Waals surface area contributed by atoms with Gasteiger partial charge in [0.1, 0.15) is 6.29 Å². The molecule has 0 atom stereocenters. The number of amides is 1. The third kappa shape index (κ3) is 4.26. The fourth-order valence-electron chi connectivity index (χ4n) is 1.55. The molecule has 0 aliphatic rings. The Morgan fingerprint density at radius 3 is 2.63 bits per heavy atom. The number of anilines is 1. The summed E-state index contributed by atoms with van der Waals surface area (Å²) in [5.41, 5.74) is 1.41. The topological polar surface area (TPSA) is 46.2 Å². The molecule has 0 fully saturated rings. The number of benzene rings is 2. The molecule has 0 aliphatic carbocycles. The zero-order chi connectivity index (χ0) is 13.5. The number of carbonyl (C=O) groups excluding carboxylic acids is 2. The van der Waals surface area contributed by atoms with Gasteiger partial charge in [0.15, 0.2) is 0 Å². The average Bonchev–Trinajstić information content (AvgIpc) is 2.46. The molecule has 0 radical (unpaired) electrons. The lowest BCUT2D eigenvalue weighted by molar-refractivity contribution is -0.113. The molecule has 1 N–H and O–H groups in total. The summed E-state index contributed by atoms with van der Waals surface area (Å²) in [7, 11) is 0. The molecule has 0 bridgehead atoms. The summed E-state index contributed by atoms with van der Waals surface area (Å²) in [6, 6.07) is 16.5. The molecule has 0 unspecified atom stereocenters. The summed E-state index contributed by atoms with van der Waals surface area (Å²) in [4.78, 5) is 23.3. The molecular weight excluding hydrogens is 258 g/mol. The summed E-state index contributed by atoms with van der Waals surface area (Å²) in [6.07, 6.45) is 0.800. The summed E-state index contributed by atoms with van der Waals surface area (Å²) in [5.74, 6) is 0.254. The van der Waals surface area contributed by atoms with Crippen LogP contribution >= 0.6 is 11.8 Å². The molecule has 0 heterocycles. The molecule has 0 spiro atoms. The van der Waals surface area contributed by atoms with Crippen LogP contribution in [0.15, 0.2) is 59.5 Å². The maximum absolute atomic E-state index is 11.7. The van der Waals surface area contributed by atoms with Gasteiger partial charge in [0.25, 0.3) is 0 Å². The smallest absolute Gasteiger partial charge is 0.234 e. The largest absolute Gasteiger partial charge is 0.325 e. The first-order valence-electron chi connectivity index (χ1n) is 5.81. The Balaban J connectivity index is 1.88. The van der Waals surface area contributed by atoms with Crippen LogP contribution < -0.4 is 5.32 Å². The second kappa shape index (κ2) is 6.75. The number of rotatable bonds is 5. The van der Waals surface area contributed by atoms with Crippen molar-refractivity contribution in [1.82, 2.24) is 0 Å². The highest BCUT2D eigenvalue weighted by molar-refractivity contribution is 8.00. The van der Waals surface area contributed by atoms with Gasteiger partial charge in [-0.1, -0.05) is 30.3 Å². The first kappa shape index (κ1) is 13.4. The van der Waals surface area contributed by atoms with E-state index < -0.39 is 0 Å². The Labute approximate surface area is 116 Å². The van der Waals surface area contributed by atoms with Gasteiger partial charge in [0.05, 0.1) is 5.75 Å². The van der Waals surface area contributed by atoms with Crippen molar-refractivity contribution in [1.29, 1.82) is 0 Å². The first-order valence-corrected chi connectivity index (χ1v) is 6.79. The van der Waals surface area contributed by atoms with Gasteiger partial charge in [-0.05, 0) is 24.3 Å². The first-order chi connectivity index (χ1) is 9.28. The molecule has 2 aromatic carbocycles. The molecular formula is C15H13NO2S. The van der Waals surface area contributed by atoms with E-state index in [-0.39, 0.29) is 5.91 Å². The van der Waals surface area contributed by atoms with E-state index in [0.717, 1.165) is 16.9 Å². The van der Waals surface area contributed by atoms with E-state index in [9.17, 15) is 9.59 Å². The van der Waals surface area contributed by atoms with Crippen LogP contribution in [-0.4, -0.2) is 17.9 Å². The number of para-hydroxylation sites is 1. The van der Waals surface area contributed by atoms with Crippen molar-refractivity contribution in [2.75, 3.05) is 11.1 Å². The summed E-state index contributed by atoms with van der Waals surface area (Å²) in [5, 5.41) is 2.81. The quantitative estimate of drug-likeness (QED) is 0.671. The van der Waals surface area contributed by atoms with Crippen LogP contribution in [0.25, 0.3) is 0 Å². The Morgan fingerprint density at radius 1 is 1.11 bits per heavy atom. The number of carbonyl (C=O) groups is 2. The normalized spacial score (nSPS) is 9.89. The van der Waals surface area contributed by atoms with Crippen molar-refractivity contribution >= 4 is 29.6 Å². The van der Waals surface area contributed by atoms with Gasteiger partial charge in [-0.25, -0.2) is 0 Å². The molecule has 1 amide bonds. The van der Waals surface area contributed by atoms with Gasteiger partial charge in [-0.15, -0.1) is 11.8 Å². The minimum atomic E-state index is -0.0623. The van der Waals surface area contributed by atoms with Gasteiger partial charge < -0.3 is 5.32 Å². The predicted octanol–water partition coefficient (Wildman–Crippen LogP) is 3.23. The van der Waals surface area contributed by atoms with E-state index in [1.807, 2.05) is 36.4 Å². The molecule has 4 heteroatoms. The summed E-state index contributed by atoms with van der Waals surface area (Å²) in [6.45, 7) is 0. The minimum Gasteiger partial charge on any atom is -0.325 e. The van der Waals surface area contributed by atoms with E-state index in [2.05, 4.69) is 5.32 Å². The van der Waals surface area contributed by atoms with Crippen molar-refractivity contribution in [3.05, 3.63) is 60.2 Å². The number of aldehydes is 1. The highest BCUT2D eigenvalue weighted by atomic mass is 32.2. The molecule has 96 valence electrons. The molecule has 0 aliphatic heterocycles. The lowest BCUT2D eigenvalue weighted by Gasteiger charge is -2.05. The van der Waals surface area contributed by atoms with Crippen molar-refractivity contribution in [3.8, 4) is 0 Å². The van der Waals surface area contributed by atoms with Crippen molar-refractivity contribution in [3.63, 3.8) is 0 Å². The molecule has 3 nitrogen and oxygen atoms in total. The highest BCUT2D eigenvalue weighted by Crippen LogP contribution is 2.19. The standard InChI is InChI=1S/C15H13NO2S/c17-10-12-5-4-8-14(9-12)19-11-15(18)16-13-6-2-1-3-7-13/h1-10H,11H2,(H,16,18). The van der Waals surface area contributed by atoms with Gasteiger partial charge >= 0.3 is 0 Å². The van der Waals surface area contributed by atoms with Gasteiger partial charge in [-0.3, -0.25) is 9.59 Å². The minimum absolute atomic E-state index is 0.0623. The summed E-state index contributed by atoms with van der Waals surface area (Å²) < 4.78 is 0. The monoisotopic (exact) mass is 271 g/mol.